The van der Waals surface area contributed by atoms with E-state index >= 15 is 0 Å². The van der Waals surface area contributed by atoms with Crippen molar-refractivity contribution in [1.82, 2.24) is 9.66 Å². The third-order valence-corrected chi connectivity index (χ3v) is 5.64. The highest BCUT2D eigenvalue weighted by Crippen LogP contribution is 2.31. The van der Waals surface area contributed by atoms with Crippen molar-refractivity contribution in [3.63, 3.8) is 0 Å². The van der Waals surface area contributed by atoms with Crippen LogP contribution >= 0.6 is 0 Å². The molecule has 0 radical (unpaired) electrons. The molecule has 0 N–H and O–H groups in total. The molecule has 162 valence electrons. The maximum atomic E-state index is 13.3. The van der Waals surface area contributed by atoms with Gasteiger partial charge in [0.1, 0.15) is 11.6 Å². The lowest BCUT2D eigenvalue weighted by Gasteiger charge is -2.23. The van der Waals surface area contributed by atoms with Crippen molar-refractivity contribution >= 4 is 17.1 Å². The van der Waals surface area contributed by atoms with Crippen LogP contribution in [0.25, 0.3) is 10.9 Å². The number of rotatable bonds is 5. The number of nitrogens with zero attached hydrogens (tertiary/aromatic N) is 3. The van der Waals surface area contributed by atoms with Crippen LogP contribution in [0.15, 0.2) is 58.4 Å². The number of ether oxygens (including phenoxy) is 1. The molecule has 1 fully saturated rings. The predicted molar refractivity (Wildman–Crippen MR) is 126 cm³/mol. The molecule has 0 spiro atoms. The summed E-state index contributed by atoms with van der Waals surface area (Å²) in [7, 11) is 0. The molecule has 1 heterocycles. The Hall–Kier alpha value is -2.95. The van der Waals surface area contributed by atoms with Gasteiger partial charge in [-0.1, -0.05) is 64.3 Å². The van der Waals surface area contributed by atoms with Crippen LogP contribution < -0.4 is 10.3 Å². The summed E-state index contributed by atoms with van der Waals surface area (Å²) >= 11 is 0. The van der Waals surface area contributed by atoms with E-state index in [-0.39, 0.29) is 16.9 Å². The van der Waals surface area contributed by atoms with Crippen molar-refractivity contribution < 1.29 is 4.74 Å². The second kappa shape index (κ2) is 9.04. The monoisotopic (exact) mass is 417 g/mol. The van der Waals surface area contributed by atoms with Gasteiger partial charge in [0.15, 0.2) is 0 Å². The van der Waals surface area contributed by atoms with E-state index in [9.17, 15) is 4.79 Å². The Bertz CT molecular complexity index is 1140. The van der Waals surface area contributed by atoms with Crippen LogP contribution in [0.3, 0.4) is 0 Å². The van der Waals surface area contributed by atoms with Gasteiger partial charge in [-0.2, -0.15) is 9.78 Å². The maximum Gasteiger partial charge on any atom is 0.282 e. The fourth-order valence-corrected chi connectivity index (χ4v) is 4.01. The fourth-order valence-electron chi connectivity index (χ4n) is 4.01. The molecule has 1 aliphatic carbocycles. The van der Waals surface area contributed by atoms with Crippen molar-refractivity contribution in [2.75, 3.05) is 6.61 Å². The molecule has 5 heteroatoms. The van der Waals surface area contributed by atoms with Crippen molar-refractivity contribution in [2.24, 2.45) is 10.5 Å². The van der Waals surface area contributed by atoms with Crippen LogP contribution in [0.5, 0.6) is 5.75 Å². The average molecular weight is 418 g/mol. The third-order valence-electron chi connectivity index (χ3n) is 5.64. The fraction of sp³-hybridized carbons (Fsp3) is 0.423. The Kier molecular flexibility index (Phi) is 6.21. The average Bonchev–Trinajstić information content (AvgIpc) is 2.77. The summed E-state index contributed by atoms with van der Waals surface area (Å²) in [6.07, 6.45) is 7.40. The van der Waals surface area contributed by atoms with E-state index in [1.165, 1.54) is 23.9 Å². The van der Waals surface area contributed by atoms with Crippen LogP contribution in [0.4, 0.5) is 0 Å². The van der Waals surface area contributed by atoms with Crippen molar-refractivity contribution in [3.8, 4) is 5.75 Å². The zero-order valence-electron chi connectivity index (χ0n) is 18.7. The highest BCUT2D eigenvalue weighted by molar-refractivity contribution is 5.83. The summed E-state index contributed by atoms with van der Waals surface area (Å²) in [6.45, 7) is 7.02. The van der Waals surface area contributed by atoms with Crippen LogP contribution in [0.2, 0.25) is 0 Å². The molecule has 3 aromatic rings. The normalized spacial score (nSPS) is 15.6. The minimum absolute atomic E-state index is 0.0532. The molecule has 31 heavy (non-hydrogen) atoms. The first kappa shape index (κ1) is 21.3. The molecule has 0 aliphatic heterocycles. The standard InChI is InChI=1S/C26H31N3O2/c1-26(2,3)18-31-23-16-10-7-13-20(23)17-27-29-24(19-11-5-4-6-12-19)28-22-15-9-8-14-21(22)25(29)30/h7-10,13-17,19H,4-6,11-12,18H2,1-3H3. The summed E-state index contributed by atoms with van der Waals surface area (Å²) in [5.74, 6) is 1.80. The Morgan fingerprint density at radius 3 is 2.55 bits per heavy atom. The first-order valence-electron chi connectivity index (χ1n) is 11.2. The topological polar surface area (TPSA) is 56.5 Å². The molecule has 0 unspecified atom stereocenters. The zero-order valence-corrected chi connectivity index (χ0v) is 18.7. The van der Waals surface area contributed by atoms with Crippen molar-refractivity contribution in [2.45, 2.75) is 58.8 Å². The molecule has 5 nitrogen and oxygen atoms in total. The summed E-state index contributed by atoms with van der Waals surface area (Å²) in [5.41, 5.74) is 1.53. The van der Waals surface area contributed by atoms with Gasteiger partial charge in [-0.05, 0) is 42.5 Å². The van der Waals surface area contributed by atoms with Gasteiger partial charge in [-0.3, -0.25) is 4.79 Å². The van der Waals surface area contributed by atoms with Crippen LogP contribution in [0, 0.1) is 5.41 Å². The van der Waals surface area contributed by atoms with Crippen molar-refractivity contribution in [1.29, 1.82) is 0 Å². The van der Waals surface area contributed by atoms with Gasteiger partial charge in [-0.15, -0.1) is 0 Å². The van der Waals surface area contributed by atoms with E-state index < -0.39 is 0 Å². The van der Waals surface area contributed by atoms with E-state index in [0.29, 0.717) is 12.0 Å². The van der Waals surface area contributed by atoms with Gasteiger partial charge in [-0.25, -0.2) is 4.98 Å². The molecule has 4 rings (SSSR count). The minimum Gasteiger partial charge on any atom is -0.492 e. The molecule has 1 aliphatic rings. The van der Waals surface area contributed by atoms with Gasteiger partial charge in [0.25, 0.3) is 5.56 Å². The molecule has 0 bridgehead atoms. The lowest BCUT2D eigenvalue weighted by molar-refractivity contribution is 0.197. The molecule has 0 atom stereocenters. The molecular weight excluding hydrogens is 386 g/mol. The van der Waals surface area contributed by atoms with E-state index in [1.807, 2.05) is 48.5 Å². The second-order valence-corrected chi connectivity index (χ2v) is 9.57. The van der Waals surface area contributed by atoms with Gasteiger partial charge in [0.05, 0.1) is 23.7 Å². The lowest BCUT2D eigenvalue weighted by Crippen LogP contribution is -2.25. The van der Waals surface area contributed by atoms with Crippen LogP contribution in [-0.2, 0) is 0 Å². The van der Waals surface area contributed by atoms with E-state index in [0.717, 1.165) is 35.5 Å². The number of para-hydroxylation sites is 2. The van der Waals surface area contributed by atoms with Gasteiger partial charge in [0, 0.05) is 11.5 Å². The maximum absolute atomic E-state index is 13.3. The minimum atomic E-state index is -0.115. The lowest BCUT2D eigenvalue weighted by atomic mass is 9.88. The molecule has 0 amide bonds. The van der Waals surface area contributed by atoms with Crippen LogP contribution in [-0.4, -0.2) is 22.5 Å². The predicted octanol–water partition coefficient (Wildman–Crippen LogP) is 5.75. The van der Waals surface area contributed by atoms with Gasteiger partial charge < -0.3 is 4.74 Å². The summed E-state index contributed by atoms with van der Waals surface area (Å²) in [6, 6.07) is 15.3. The highest BCUT2D eigenvalue weighted by atomic mass is 16.5. The van der Waals surface area contributed by atoms with Gasteiger partial charge in [0.2, 0.25) is 0 Å². The molecule has 2 aromatic carbocycles. The summed E-state index contributed by atoms with van der Waals surface area (Å²) in [4.78, 5) is 18.2. The van der Waals surface area contributed by atoms with E-state index in [4.69, 9.17) is 9.72 Å². The first-order chi connectivity index (χ1) is 14.9. The number of benzene rings is 2. The summed E-state index contributed by atoms with van der Waals surface area (Å²) in [5, 5.41) is 5.24. The Morgan fingerprint density at radius 1 is 1.06 bits per heavy atom. The Labute approximate surface area is 183 Å². The number of hydrogen-bond acceptors (Lipinski definition) is 4. The first-order valence-corrected chi connectivity index (χ1v) is 11.2. The number of fused-ring (bicyclic) bond motifs is 1. The molecule has 1 saturated carbocycles. The molecule has 0 saturated heterocycles. The number of hydrogen-bond donors (Lipinski definition) is 0. The smallest absolute Gasteiger partial charge is 0.282 e. The Balaban J connectivity index is 1.75. The largest absolute Gasteiger partial charge is 0.492 e. The van der Waals surface area contributed by atoms with Crippen molar-refractivity contribution in [3.05, 3.63) is 70.3 Å². The van der Waals surface area contributed by atoms with E-state index in [1.54, 1.807) is 6.21 Å². The van der Waals surface area contributed by atoms with Gasteiger partial charge >= 0.3 is 0 Å². The third kappa shape index (κ3) is 5.04. The summed E-state index contributed by atoms with van der Waals surface area (Å²) < 4.78 is 7.56. The Morgan fingerprint density at radius 2 is 1.77 bits per heavy atom. The van der Waals surface area contributed by atoms with Crippen LogP contribution in [0.1, 0.15) is 70.2 Å². The molecular formula is C26H31N3O2. The molecule has 1 aromatic heterocycles. The highest BCUT2D eigenvalue weighted by Gasteiger charge is 2.22. The number of aromatic nitrogens is 2. The zero-order chi connectivity index (χ0) is 21.8. The van der Waals surface area contributed by atoms with E-state index in [2.05, 4.69) is 25.9 Å². The quantitative estimate of drug-likeness (QED) is 0.497. The SMILES string of the molecule is CC(C)(C)COc1ccccc1C=Nn1c(C2CCCCC2)nc2ccccc2c1=O. The second-order valence-electron chi connectivity index (χ2n) is 9.57.